The summed E-state index contributed by atoms with van der Waals surface area (Å²) < 4.78 is 0. The van der Waals surface area contributed by atoms with E-state index in [2.05, 4.69) is 13.8 Å². The van der Waals surface area contributed by atoms with Gasteiger partial charge in [0, 0.05) is 18.8 Å². The van der Waals surface area contributed by atoms with Crippen LogP contribution in [0.2, 0.25) is 0 Å². The van der Waals surface area contributed by atoms with Crippen molar-refractivity contribution >= 4 is 23.6 Å². The molecule has 0 aliphatic heterocycles. The Labute approximate surface area is 150 Å². The summed E-state index contributed by atoms with van der Waals surface area (Å²) in [4.78, 5) is 25.9. The molecule has 6 heteroatoms. The van der Waals surface area contributed by atoms with Crippen molar-refractivity contribution in [3.8, 4) is 0 Å². The number of hydrogen-bond acceptors (Lipinski definition) is 2. The van der Waals surface area contributed by atoms with E-state index in [0.29, 0.717) is 24.5 Å². The topological polar surface area (TPSA) is 81.1 Å². The van der Waals surface area contributed by atoms with E-state index >= 15 is 0 Å². The molecule has 0 radical (unpaired) electrons. The Bertz CT molecular complexity index is 575. The fraction of sp³-hybridized carbons (Fsp3) is 0.579. The zero-order chi connectivity index (χ0) is 18.8. The van der Waals surface area contributed by atoms with E-state index in [4.69, 9.17) is 0 Å². The number of rotatable bonds is 10. The molecule has 1 aromatic carbocycles. The molecule has 0 fully saturated rings. The van der Waals surface area contributed by atoms with Crippen molar-refractivity contribution in [3.05, 3.63) is 23.8 Å². The fourth-order valence-electron chi connectivity index (χ4n) is 2.75. The highest BCUT2D eigenvalue weighted by Gasteiger charge is 2.20. The van der Waals surface area contributed by atoms with Gasteiger partial charge < -0.3 is 10.2 Å². The molecule has 6 nitrogen and oxygen atoms in total. The molecule has 1 aromatic rings. The minimum Gasteiger partial charge on any atom is -0.465 e. The van der Waals surface area contributed by atoms with Crippen LogP contribution in [0.5, 0.6) is 0 Å². The summed E-state index contributed by atoms with van der Waals surface area (Å²) in [6, 6.07) is 5.20. The third-order valence-corrected chi connectivity index (χ3v) is 4.23. The summed E-state index contributed by atoms with van der Waals surface area (Å²) in [5, 5.41) is 19.1. The van der Waals surface area contributed by atoms with Crippen molar-refractivity contribution in [3.63, 3.8) is 0 Å². The molecular weight excluding hydrogens is 320 g/mol. The van der Waals surface area contributed by atoms with Gasteiger partial charge in [0.25, 0.3) is 0 Å². The van der Waals surface area contributed by atoms with Gasteiger partial charge in [-0.05, 0) is 37.5 Å². The Balaban J connectivity index is 3.09. The number of amides is 2. The lowest BCUT2D eigenvalue weighted by Gasteiger charge is -2.25. The number of anilines is 2. The summed E-state index contributed by atoms with van der Waals surface area (Å²) in [7, 11) is 0. The van der Waals surface area contributed by atoms with E-state index < -0.39 is 12.2 Å². The highest BCUT2D eigenvalue weighted by molar-refractivity contribution is 5.91. The van der Waals surface area contributed by atoms with Crippen LogP contribution in [0.1, 0.15) is 57.9 Å². The monoisotopic (exact) mass is 350 g/mol. The second-order valence-corrected chi connectivity index (χ2v) is 6.25. The normalized spacial score (nSPS) is 10.5. The van der Waals surface area contributed by atoms with Crippen LogP contribution in [0.15, 0.2) is 18.2 Å². The molecule has 0 aliphatic rings. The van der Waals surface area contributed by atoms with E-state index in [1.54, 1.807) is 18.2 Å². The average Bonchev–Trinajstić information content (AvgIpc) is 2.56. The lowest BCUT2D eigenvalue weighted by Crippen LogP contribution is -2.33. The summed E-state index contributed by atoms with van der Waals surface area (Å²) >= 11 is 0. The molecule has 0 saturated heterocycles. The van der Waals surface area contributed by atoms with Crippen molar-refractivity contribution < 1.29 is 19.8 Å². The maximum absolute atomic E-state index is 11.7. The van der Waals surface area contributed by atoms with Crippen LogP contribution in [-0.2, 0) is 0 Å². The van der Waals surface area contributed by atoms with Crippen molar-refractivity contribution in [1.29, 1.82) is 0 Å². The van der Waals surface area contributed by atoms with Crippen molar-refractivity contribution in [2.75, 3.05) is 22.9 Å². The van der Waals surface area contributed by atoms with E-state index in [1.807, 2.05) is 6.92 Å². The van der Waals surface area contributed by atoms with Crippen LogP contribution in [0.4, 0.5) is 21.0 Å². The summed E-state index contributed by atoms with van der Waals surface area (Å²) in [5.41, 5.74) is 1.90. The van der Waals surface area contributed by atoms with E-state index in [1.165, 1.54) is 9.80 Å². The quantitative estimate of drug-likeness (QED) is 0.558. The van der Waals surface area contributed by atoms with E-state index in [-0.39, 0.29) is 0 Å². The molecule has 0 heterocycles. The van der Waals surface area contributed by atoms with Gasteiger partial charge in [-0.25, -0.2) is 9.59 Å². The van der Waals surface area contributed by atoms with Gasteiger partial charge in [0.2, 0.25) is 0 Å². The first-order valence-electron chi connectivity index (χ1n) is 9.03. The Morgan fingerprint density at radius 2 is 1.40 bits per heavy atom. The number of benzene rings is 1. The van der Waals surface area contributed by atoms with Crippen molar-refractivity contribution in [2.45, 2.75) is 59.3 Å². The van der Waals surface area contributed by atoms with Gasteiger partial charge in [0.15, 0.2) is 0 Å². The number of carboxylic acid groups (broad SMARTS) is 2. The molecule has 0 saturated carbocycles. The third kappa shape index (κ3) is 6.29. The minimum atomic E-state index is -1.02. The number of aryl methyl sites for hydroxylation is 1. The van der Waals surface area contributed by atoms with Gasteiger partial charge in [-0.15, -0.1) is 0 Å². The smallest absolute Gasteiger partial charge is 0.411 e. The first kappa shape index (κ1) is 20.8. The van der Waals surface area contributed by atoms with Crippen LogP contribution in [-0.4, -0.2) is 35.5 Å². The number of carbonyl (C=O) groups is 2. The van der Waals surface area contributed by atoms with Crippen LogP contribution in [0, 0.1) is 6.92 Å². The van der Waals surface area contributed by atoms with Gasteiger partial charge in [-0.2, -0.15) is 0 Å². The second-order valence-electron chi connectivity index (χ2n) is 6.25. The first-order valence-corrected chi connectivity index (χ1v) is 9.03. The number of nitrogens with zero attached hydrogens (tertiary/aromatic N) is 2. The molecule has 0 atom stereocenters. The molecule has 140 valence electrons. The Kier molecular flexibility index (Phi) is 8.81. The molecule has 0 aromatic heterocycles. The van der Waals surface area contributed by atoms with Gasteiger partial charge in [-0.1, -0.05) is 45.6 Å². The number of hydrogen-bond donors (Lipinski definition) is 2. The van der Waals surface area contributed by atoms with Crippen LogP contribution in [0.3, 0.4) is 0 Å². The first-order chi connectivity index (χ1) is 11.9. The number of unbranched alkanes of at least 4 members (excludes halogenated alkanes) is 4. The molecule has 0 bridgehead atoms. The van der Waals surface area contributed by atoms with Crippen LogP contribution in [0.25, 0.3) is 0 Å². The Morgan fingerprint density at radius 1 is 0.880 bits per heavy atom. The van der Waals surface area contributed by atoms with Gasteiger partial charge in [0.05, 0.1) is 5.69 Å². The summed E-state index contributed by atoms with van der Waals surface area (Å²) in [5.74, 6) is 0. The van der Waals surface area contributed by atoms with Gasteiger partial charge in [0.1, 0.15) is 0 Å². The zero-order valence-electron chi connectivity index (χ0n) is 15.5. The largest absolute Gasteiger partial charge is 0.465 e. The van der Waals surface area contributed by atoms with Crippen LogP contribution < -0.4 is 9.80 Å². The van der Waals surface area contributed by atoms with Crippen LogP contribution >= 0.6 is 0 Å². The summed E-state index contributed by atoms with van der Waals surface area (Å²) in [6.45, 7) is 6.80. The van der Waals surface area contributed by atoms with E-state index in [0.717, 1.165) is 44.1 Å². The zero-order valence-corrected chi connectivity index (χ0v) is 15.5. The van der Waals surface area contributed by atoms with Crippen molar-refractivity contribution in [1.82, 2.24) is 0 Å². The predicted octanol–water partition coefficient (Wildman–Crippen LogP) is 5.34. The SMILES string of the molecule is CCCCCN(C(=O)O)c1ccc(C)c(N(CCCCC)C(=O)O)c1. The van der Waals surface area contributed by atoms with Crippen molar-refractivity contribution in [2.24, 2.45) is 0 Å². The highest BCUT2D eigenvalue weighted by Crippen LogP contribution is 2.28. The summed E-state index contributed by atoms with van der Waals surface area (Å²) in [6.07, 6.45) is 3.48. The molecule has 0 aliphatic carbocycles. The fourth-order valence-corrected chi connectivity index (χ4v) is 2.75. The van der Waals surface area contributed by atoms with Gasteiger partial charge in [-0.3, -0.25) is 9.80 Å². The predicted molar refractivity (Wildman–Crippen MR) is 101 cm³/mol. The molecule has 0 spiro atoms. The Hall–Kier alpha value is -2.24. The molecule has 0 unspecified atom stereocenters. The molecule has 25 heavy (non-hydrogen) atoms. The lowest BCUT2D eigenvalue weighted by atomic mass is 10.1. The molecule has 2 amide bonds. The second kappa shape index (κ2) is 10.6. The molecule has 2 N–H and O–H groups in total. The molecule has 1 rings (SSSR count). The maximum atomic E-state index is 11.7. The average molecular weight is 350 g/mol. The maximum Gasteiger partial charge on any atom is 0.411 e. The Morgan fingerprint density at radius 3 is 1.88 bits per heavy atom. The molecular formula is C19H30N2O4. The highest BCUT2D eigenvalue weighted by atomic mass is 16.4. The lowest BCUT2D eigenvalue weighted by molar-refractivity contribution is 0.200. The third-order valence-electron chi connectivity index (χ3n) is 4.23. The standard InChI is InChI=1S/C19H30N2O4/c1-4-6-8-12-20(18(22)23)16-11-10-15(3)17(14-16)21(19(24)25)13-9-7-5-2/h10-11,14H,4-9,12-13H2,1-3H3,(H,22,23)(H,24,25). The van der Waals surface area contributed by atoms with Gasteiger partial charge >= 0.3 is 12.2 Å². The van der Waals surface area contributed by atoms with E-state index in [9.17, 15) is 19.8 Å². The minimum absolute atomic E-state index is 0.411.